The molecule has 0 atom stereocenters. The highest BCUT2D eigenvalue weighted by molar-refractivity contribution is 5.83. The van der Waals surface area contributed by atoms with E-state index in [0.29, 0.717) is 0 Å². The first-order chi connectivity index (χ1) is 8.93. The molecule has 0 spiro atoms. The van der Waals surface area contributed by atoms with Crippen LogP contribution in [-0.2, 0) is 6.42 Å². The average molecular weight is 237 g/mol. The van der Waals surface area contributed by atoms with E-state index >= 15 is 0 Å². The zero-order valence-corrected chi connectivity index (χ0v) is 11.0. The first kappa shape index (κ1) is 12.4. The van der Waals surface area contributed by atoms with Crippen molar-refractivity contribution >= 4 is 10.9 Å². The number of fused-ring (bicyclic) bond motifs is 1. The van der Waals surface area contributed by atoms with Gasteiger partial charge in [-0.3, -0.25) is 0 Å². The molecule has 1 aromatic heterocycles. The fraction of sp³-hybridized carbons (Fsp3) is 0.176. The van der Waals surface area contributed by atoms with Crippen molar-refractivity contribution in [1.82, 2.24) is 4.98 Å². The van der Waals surface area contributed by atoms with Crippen LogP contribution in [0.2, 0.25) is 0 Å². The summed E-state index contributed by atoms with van der Waals surface area (Å²) in [5.41, 5.74) is 3.93. The van der Waals surface area contributed by atoms with Crippen molar-refractivity contribution in [3.63, 3.8) is 0 Å². The molecule has 3 aromatic rings. The number of para-hydroxylation sites is 1. The SMILES string of the molecule is CC.c1ccc(Cc2c[nH]c3ccccc23)cc1. The molecule has 0 saturated carbocycles. The fourth-order valence-corrected chi connectivity index (χ4v) is 2.09. The Morgan fingerprint density at radius 1 is 0.833 bits per heavy atom. The lowest BCUT2D eigenvalue weighted by molar-refractivity contribution is 1.21. The normalized spacial score (nSPS) is 9.89. The Bertz CT molecular complexity index is 593. The van der Waals surface area contributed by atoms with Gasteiger partial charge >= 0.3 is 0 Å². The van der Waals surface area contributed by atoms with Crippen LogP contribution in [0.25, 0.3) is 10.9 Å². The minimum Gasteiger partial charge on any atom is -0.361 e. The van der Waals surface area contributed by atoms with E-state index in [1.165, 1.54) is 22.0 Å². The molecule has 0 amide bonds. The summed E-state index contributed by atoms with van der Waals surface area (Å²) in [6, 6.07) is 19.0. The van der Waals surface area contributed by atoms with Gasteiger partial charge in [0.1, 0.15) is 0 Å². The standard InChI is InChI=1S/C15H13N.C2H6/c1-2-6-12(7-3-1)10-13-11-16-15-9-5-4-8-14(13)15;1-2/h1-9,11,16H,10H2;1-2H3. The second kappa shape index (κ2) is 6.06. The smallest absolute Gasteiger partial charge is 0.0456 e. The second-order valence-corrected chi connectivity index (χ2v) is 4.02. The number of aromatic amines is 1. The lowest BCUT2D eigenvalue weighted by Gasteiger charge is -1.99. The first-order valence-corrected chi connectivity index (χ1v) is 6.52. The summed E-state index contributed by atoms with van der Waals surface area (Å²) in [6.07, 6.45) is 3.10. The van der Waals surface area contributed by atoms with Crippen LogP contribution in [0.5, 0.6) is 0 Å². The van der Waals surface area contributed by atoms with Crippen LogP contribution in [0.3, 0.4) is 0 Å². The predicted molar refractivity (Wildman–Crippen MR) is 78.9 cm³/mol. The van der Waals surface area contributed by atoms with Gasteiger partial charge in [-0.25, -0.2) is 0 Å². The summed E-state index contributed by atoms with van der Waals surface area (Å²) in [4.78, 5) is 3.31. The van der Waals surface area contributed by atoms with E-state index in [4.69, 9.17) is 0 Å². The zero-order chi connectivity index (χ0) is 12.8. The van der Waals surface area contributed by atoms with E-state index < -0.39 is 0 Å². The van der Waals surface area contributed by atoms with E-state index in [2.05, 4.69) is 65.8 Å². The topological polar surface area (TPSA) is 15.8 Å². The van der Waals surface area contributed by atoms with Gasteiger partial charge in [-0.05, 0) is 23.6 Å². The lowest BCUT2D eigenvalue weighted by Crippen LogP contribution is -1.85. The second-order valence-electron chi connectivity index (χ2n) is 4.02. The van der Waals surface area contributed by atoms with Gasteiger partial charge in [-0.2, -0.15) is 0 Å². The van der Waals surface area contributed by atoms with Gasteiger partial charge in [0.05, 0.1) is 0 Å². The van der Waals surface area contributed by atoms with E-state index in [0.717, 1.165) is 6.42 Å². The quantitative estimate of drug-likeness (QED) is 0.660. The Balaban J connectivity index is 0.000000574. The van der Waals surface area contributed by atoms with Crippen LogP contribution in [-0.4, -0.2) is 4.98 Å². The van der Waals surface area contributed by atoms with Gasteiger partial charge in [0.25, 0.3) is 0 Å². The number of nitrogens with one attached hydrogen (secondary N) is 1. The van der Waals surface area contributed by atoms with Crippen molar-refractivity contribution in [3.05, 3.63) is 71.9 Å². The van der Waals surface area contributed by atoms with Gasteiger partial charge in [0.15, 0.2) is 0 Å². The van der Waals surface area contributed by atoms with Gasteiger partial charge in [-0.1, -0.05) is 62.4 Å². The molecule has 0 aliphatic carbocycles. The zero-order valence-electron chi connectivity index (χ0n) is 11.0. The Labute approximate surface area is 108 Å². The highest BCUT2D eigenvalue weighted by Crippen LogP contribution is 2.20. The number of aromatic nitrogens is 1. The molecule has 0 saturated heterocycles. The van der Waals surface area contributed by atoms with Crippen LogP contribution in [0, 0.1) is 0 Å². The van der Waals surface area contributed by atoms with E-state index in [-0.39, 0.29) is 0 Å². The number of H-pyrrole nitrogens is 1. The van der Waals surface area contributed by atoms with Crippen molar-refractivity contribution in [2.45, 2.75) is 20.3 Å². The monoisotopic (exact) mass is 237 g/mol. The molecule has 0 aliphatic rings. The van der Waals surface area contributed by atoms with Crippen LogP contribution >= 0.6 is 0 Å². The van der Waals surface area contributed by atoms with Crippen LogP contribution in [0.15, 0.2) is 60.8 Å². The van der Waals surface area contributed by atoms with E-state index in [1.807, 2.05) is 13.8 Å². The van der Waals surface area contributed by atoms with Crippen molar-refractivity contribution in [3.8, 4) is 0 Å². The summed E-state index contributed by atoms with van der Waals surface area (Å²) in [5.74, 6) is 0. The summed E-state index contributed by atoms with van der Waals surface area (Å²) < 4.78 is 0. The Morgan fingerprint density at radius 3 is 2.28 bits per heavy atom. The van der Waals surface area contributed by atoms with Gasteiger partial charge in [0.2, 0.25) is 0 Å². The van der Waals surface area contributed by atoms with Crippen LogP contribution in [0.1, 0.15) is 25.0 Å². The molecule has 1 heteroatoms. The molecule has 0 aliphatic heterocycles. The molecule has 18 heavy (non-hydrogen) atoms. The molecule has 0 radical (unpaired) electrons. The number of rotatable bonds is 2. The number of hydrogen-bond acceptors (Lipinski definition) is 0. The summed E-state index contributed by atoms with van der Waals surface area (Å²) in [7, 11) is 0. The molecular formula is C17H19N. The van der Waals surface area contributed by atoms with Gasteiger partial charge in [-0.15, -0.1) is 0 Å². The van der Waals surface area contributed by atoms with Crippen molar-refractivity contribution in [2.24, 2.45) is 0 Å². The predicted octanol–water partition coefficient (Wildman–Crippen LogP) is 4.78. The minimum atomic E-state index is 0.991. The highest BCUT2D eigenvalue weighted by atomic mass is 14.7. The number of benzene rings is 2. The largest absolute Gasteiger partial charge is 0.361 e. The summed E-state index contributed by atoms with van der Waals surface area (Å²) in [6.45, 7) is 4.00. The Morgan fingerprint density at radius 2 is 1.50 bits per heavy atom. The molecule has 92 valence electrons. The summed E-state index contributed by atoms with van der Waals surface area (Å²) in [5, 5.41) is 1.33. The third-order valence-electron chi connectivity index (χ3n) is 2.91. The minimum absolute atomic E-state index is 0.991. The van der Waals surface area contributed by atoms with Crippen LogP contribution in [0.4, 0.5) is 0 Å². The molecule has 3 rings (SSSR count). The third kappa shape index (κ3) is 2.62. The van der Waals surface area contributed by atoms with Crippen molar-refractivity contribution < 1.29 is 0 Å². The molecule has 0 bridgehead atoms. The summed E-state index contributed by atoms with van der Waals surface area (Å²) >= 11 is 0. The number of hydrogen-bond donors (Lipinski definition) is 1. The Hall–Kier alpha value is -2.02. The van der Waals surface area contributed by atoms with Gasteiger partial charge < -0.3 is 4.98 Å². The first-order valence-electron chi connectivity index (χ1n) is 6.52. The molecule has 0 unspecified atom stereocenters. The third-order valence-corrected chi connectivity index (χ3v) is 2.91. The van der Waals surface area contributed by atoms with Crippen LogP contribution < -0.4 is 0 Å². The lowest BCUT2D eigenvalue weighted by atomic mass is 10.0. The average Bonchev–Trinajstić information content (AvgIpc) is 2.86. The Kier molecular flexibility index (Phi) is 4.19. The maximum atomic E-state index is 3.31. The fourth-order valence-electron chi connectivity index (χ4n) is 2.09. The molecule has 0 fully saturated rings. The molecule has 1 nitrogen and oxygen atoms in total. The molecule has 1 N–H and O–H groups in total. The van der Waals surface area contributed by atoms with Crippen molar-refractivity contribution in [1.29, 1.82) is 0 Å². The van der Waals surface area contributed by atoms with Crippen molar-refractivity contribution in [2.75, 3.05) is 0 Å². The molecular weight excluding hydrogens is 218 g/mol. The van der Waals surface area contributed by atoms with E-state index in [1.54, 1.807) is 0 Å². The molecule has 2 aromatic carbocycles. The molecule has 1 heterocycles. The maximum absolute atomic E-state index is 3.31. The highest BCUT2D eigenvalue weighted by Gasteiger charge is 2.02. The maximum Gasteiger partial charge on any atom is 0.0456 e. The van der Waals surface area contributed by atoms with E-state index in [9.17, 15) is 0 Å². The van der Waals surface area contributed by atoms with Gasteiger partial charge in [0, 0.05) is 17.1 Å².